The maximum absolute atomic E-state index is 3.88. The fraction of sp³-hybridized carbons (Fsp3) is 0.600. The Morgan fingerprint density at radius 2 is 2.50 bits per heavy atom. The van der Waals surface area contributed by atoms with Gasteiger partial charge in [-0.3, -0.25) is 0 Å². The summed E-state index contributed by atoms with van der Waals surface area (Å²) in [5.74, 6) is 1.12. The summed E-state index contributed by atoms with van der Waals surface area (Å²) >= 11 is 0. The lowest BCUT2D eigenvalue weighted by atomic mass is 10.4. The molecular formula is C5H10N3+. The Hall–Kier alpha value is -0.700. The van der Waals surface area contributed by atoms with Crippen LogP contribution in [0.3, 0.4) is 0 Å². The van der Waals surface area contributed by atoms with E-state index < -0.39 is 0 Å². The lowest BCUT2D eigenvalue weighted by molar-refractivity contribution is -0.665. The molecule has 1 aliphatic rings. The van der Waals surface area contributed by atoms with Crippen LogP contribution in [0.15, 0.2) is 10.2 Å². The number of nitrogens with zero attached hydrogens (tertiary/aromatic N) is 2. The van der Waals surface area contributed by atoms with Gasteiger partial charge in [-0.2, -0.15) is 0 Å². The van der Waals surface area contributed by atoms with Gasteiger partial charge in [-0.05, 0) is 0 Å². The van der Waals surface area contributed by atoms with Gasteiger partial charge in [0.25, 0.3) is 0 Å². The molecule has 0 fully saturated rings. The minimum atomic E-state index is 0.992. The Morgan fingerprint density at radius 1 is 1.75 bits per heavy atom. The molecule has 3 nitrogen and oxygen atoms in total. The van der Waals surface area contributed by atoms with Crippen LogP contribution in [0, 0.1) is 0 Å². The SMILES string of the molecule is CCC1=NN=C[NH+]1C. The highest BCUT2D eigenvalue weighted by atomic mass is 15.4. The summed E-state index contributed by atoms with van der Waals surface area (Å²) in [4.78, 5) is 1.20. The van der Waals surface area contributed by atoms with Gasteiger partial charge in [-0.25, -0.2) is 4.90 Å². The molecule has 1 atom stereocenters. The Morgan fingerprint density at radius 3 is 2.75 bits per heavy atom. The van der Waals surface area contributed by atoms with Gasteiger partial charge in [0, 0.05) is 6.42 Å². The highest BCUT2D eigenvalue weighted by molar-refractivity contribution is 5.81. The van der Waals surface area contributed by atoms with E-state index in [9.17, 15) is 0 Å². The van der Waals surface area contributed by atoms with Crippen molar-refractivity contribution < 1.29 is 4.90 Å². The van der Waals surface area contributed by atoms with Crippen molar-refractivity contribution >= 4 is 12.2 Å². The topological polar surface area (TPSA) is 29.2 Å². The number of nitrogens with one attached hydrogen (secondary N) is 1. The molecule has 0 radical (unpaired) electrons. The van der Waals surface area contributed by atoms with E-state index in [4.69, 9.17) is 0 Å². The summed E-state index contributed by atoms with van der Waals surface area (Å²) < 4.78 is 0. The highest BCUT2D eigenvalue weighted by Crippen LogP contribution is 1.80. The molecule has 0 saturated carbocycles. The van der Waals surface area contributed by atoms with Crippen molar-refractivity contribution in [1.29, 1.82) is 0 Å². The second-order valence-electron chi connectivity index (χ2n) is 1.83. The largest absolute Gasteiger partial charge is 0.247 e. The van der Waals surface area contributed by atoms with Crippen molar-refractivity contribution in [3.63, 3.8) is 0 Å². The quantitative estimate of drug-likeness (QED) is 0.463. The van der Waals surface area contributed by atoms with Crippen LogP contribution in [-0.4, -0.2) is 19.2 Å². The van der Waals surface area contributed by atoms with Gasteiger partial charge in [0.2, 0.25) is 12.2 Å². The average Bonchev–Trinajstić information content (AvgIpc) is 2.14. The number of rotatable bonds is 1. The van der Waals surface area contributed by atoms with Crippen LogP contribution >= 0.6 is 0 Å². The predicted octanol–water partition coefficient (Wildman–Crippen LogP) is -0.734. The summed E-state index contributed by atoms with van der Waals surface area (Å²) in [7, 11) is 2.03. The van der Waals surface area contributed by atoms with E-state index in [-0.39, 0.29) is 0 Å². The summed E-state index contributed by atoms with van der Waals surface area (Å²) in [6.45, 7) is 2.08. The van der Waals surface area contributed by atoms with E-state index in [2.05, 4.69) is 17.1 Å². The van der Waals surface area contributed by atoms with Gasteiger partial charge < -0.3 is 0 Å². The molecule has 0 saturated heterocycles. The summed E-state index contributed by atoms with van der Waals surface area (Å²) in [5.41, 5.74) is 0. The molecule has 1 unspecified atom stereocenters. The molecular weight excluding hydrogens is 102 g/mol. The normalized spacial score (nSPS) is 26.2. The minimum absolute atomic E-state index is 0.992. The third-order valence-electron chi connectivity index (χ3n) is 1.22. The lowest BCUT2D eigenvalue weighted by Gasteiger charge is -1.98. The first kappa shape index (κ1) is 5.44. The molecule has 0 spiro atoms. The average molecular weight is 112 g/mol. The van der Waals surface area contributed by atoms with Crippen LogP contribution in [0.4, 0.5) is 0 Å². The first-order valence-corrected chi connectivity index (χ1v) is 2.78. The molecule has 1 rings (SSSR count). The summed E-state index contributed by atoms with van der Waals surface area (Å²) in [5, 5.41) is 7.63. The van der Waals surface area contributed by atoms with Crippen LogP contribution < -0.4 is 4.90 Å². The molecule has 0 aromatic rings. The van der Waals surface area contributed by atoms with Crippen LogP contribution in [-0.2, 0) is 0 Å². The van der Waals surface area contributed by atoms with Gasteiger partial charge in [-0.1, -0.05) is 17.1 Å². The Labute approximate surface area is 48.7 Å². The van der Waals surface area contributed by atoms with Crippen molar-refractivity contribution in [1.82, 2.24) is 0 Å². The van der Waals surface area contributed by atoms with Crippen molar-refractivity contribution in [2.24, 2.45) is 10.2 Å². The van der Waals surface area contributed by atoms with E-state index >= 15 is 0 Å². The second-order valence-corrected chi connectivity index (χ2v) is 1.83. The maximum Gasteiger partial charge on any atom is 0.226 e. The zero-order valence-electron chi connectivity index (χ0n) is 5.18. The highest BCUT2D eigenvalue weighted by Gasteiger charge is 2.11. The van der Waals surface area contributed by atoms with Gasteiger partial charge in [0.1, 0.15) is 0 Å². The van der Waals surface area contributed by atoms with Crippen molar-refractivity contribution in [3.8, 4) is 0 Å². The van der Waals surface area contributed by atoms with Gasteiger partial charge >= 0.3 is 0 Å². The number of amidine groups is 1. The molecule has 0 amide bonds. The fourth-order valence-corrected chi connectivity index (χ4v) is 0.688. The van der Waals surface area contributed by atoms with E-state index in [0.29, 0.717) is 0 Å². The molecule has 1 heterocycles. The van der Waals surface area contributed by atoms with E-state index in [0.717, 1.165) is 12.3 Å². The zero-order chi connectivity index (χ0) is 5.98. The van der Waals surface area contributed by atoms with Crippen molar-refractivity contribution in [2.75, 3.05) is 7.05 Å². The van der Waals surface area contributed by atoms with E-state index in [1.54, 1.807) is 6.34 Å². The van der Waals surface area contributed by atoms with Gasteiger partial charge in [-0.15, -0.1) is 0 Å². The first-order valence-electron chi connectivity index (χ1n) is 2.78. The smallest absolute Gasteiger partial charge is 0.226 e. The van der Waals surface area contributed by atoms with Crippen LogP contribution in [0.5, 0.6) is 0 Å². The van der Waals surface area contributed by atoms with Gasteiger partial charge in [0.15, 0.2) is 0 Å². The van der Waals surface area contributed by atoms with E-state index in [1.807, 2.05) is 7.05 Å². The molecule has 1 N–H and O–H groups in total. The summed E-state index contributed by atoms with van der Waals surface area (Å²) in [6, 6.07) is 0. The molecule has 0 aliphatic carbocycles. The first-order chi connectivity index (χ1) is 3.84. The van der Waals surface area contributed by atoms with Crippen LogP contribution in [0.1, 0.15) is 13.3 Å². The van der Waals surface area contributed by atoms with Crippen molar-refractivity contribution in [3.05, 3.63) is 0 Å². The zero-order valence-corrected chi connectivity index (χ0v) is 5.18. The van der Waals surface area contributed by atoms with Crippen LogP contribution in [0.25, 0.3) is 0 Å². The summed E-state index contributed by atoms with van der Waals surface area (Å²) in [6.07, 6.45) is 2.78. The third kappa shape index (κ3) is 0.767. The maximum atomic E-state index is 3.88. The monoisotopic (exact) mass is 112 g/mol. The van der Waals surface area contributed by atoms with E-state index in [1.165, 1.54) is 4.90 Å². The Bertz CT molecular complexity index is 137. The number of quaternary nitrogens is 1. The predicted molar refractivity (Wildman–Crippen MR) is 33.1 cm³/mol. The van der Waals surface area contributed by atoms with Crippen molar-refractivity contribution in [2.45, 2.75) is 13.3 Å². The molecule has 8 heavy (non-hydrogen) atoms. The second kappa shape index (κ2) is 2.05. The molecule has 44 valence electrons. The van der Waals surface area contributed by atoms with Crippen LogP contribution in [0.2, 0.25) is 0 Å². The standard InChI is InChI=1S/C5H9N3/c1-3-5-7-6-4-8(5)2/h4H,3H2,1-2H3/p+1. The number of hydrogen-bond donors (Lipinski definition) is 1. The molecule has 3 heteroatoms. The van der Waals surface area contributed by atoms with Gasteiger partial charge in [0.05, 0.1) is 7.05 Å². The molecule has 0 aromatic heterocycles. The molecule has 1 aliphatic heterocycles. The molecule has 0 aromatic carbocycles. The fourth-order valence-electron chi connectivity index (χ4n) is 0.688. The third-order valence-corrected chi connectivity index (χ3v) is 1.22. The molecule has 0 bridgehead atoms. The lowest BCUT2D eigenvalue weighted by Crippen LogP contribution is -3.09. The Kier molecular flexibility index (Phi) is 1.39. The Balaban J connectivity index is 2.59. The minimum Gasteiger partial charge on any atom is -0.247 e. The number of hydrogen-bond acceptors (Lipinski definition) is 2.